The van der Waals surface area contributed by atoms with E-state index in [4.69, 9.17) is 4.99 Å². The molecule has 0 atom stereocenters. The van der Waals surface area contributed by atoms with E-state index in [0.717, 1.165) is 43.4 Å². The van der Waals surface area contributed by atoms with Crippen LogP contribution < -0.4 is 0 Å². The first-order valence-corrected chi connectivity index (χ1v) is 11.9. The summed E-state index contributed by atoms with van der Waals surface area (Å²) in [6.45, 7) is 2.24. The fraction of sp³-hybridized carbons (Fsp3) is 0.423. The molecule has 2 amide bonds. The lowest BCUT2D eigenvalue weighted by atomic mass is 10.0. The third-order valence-corrected chi connectivity index (χ3v) is 7.25. The molecule has 2 saturated carbocycles. The second-order valence-corrected chi connectivity index (χ2v) is 9.91. The molecule has 0 aromatic heterocycles. The van der Waals surface area contributed by atoms with Gasteiger partial charge in [0.05, 0.1) is 18.9 Å². The van der Waals surface area contributed by atoms with Gasteiger partial charge in [-0.25, -0.2) is 0 Å². The predicted molar refractivity (Wildman–Crippen MR) is 123 cm³/mol. The second-order valence-electron chi connectivity index (χ2n) is 9.91. The molecule has 0 N–H and O–H groups in total. The molecule has 35 heavy (non-hydrogen) atoms. The lowest BCUT2D eigenvalue weighted by Crippen LogP contribution is -2.44. The number of carbonyl (C=O) groups is 2. The number of hydrogen-bond donors (Lipinski definition) is 0. The number of nitrogens with zero attached hydrogens (tertiary/aromatic N) is 4. The number of carbonyl (C=O) groups excluding carboxylic acids is 2. The molecule has 1 saturated heterocycles. The number of hydrogen-bond acceptors (Lipinski definition) is 4. The molecule has 182 valence electrons. The van der Waals surface area contributed by atoms with Crippen LogP contribution in [-0.2, 0) is 15.8 Å². The normalized spacial score (nSPS) is 21.7. The summed E-state index contributed by atoms with van der Waals surface area (Å²) in [4.78, 5) is 36.1. The third kappa shape index (κ3) is 4.11. The predicted octanol–water partition coefficient (Wildman–Crippen LogP) is 3.96. The van der Waals surface area contributed by atoms with Crippen LogP contribution in [0.2, 0.25) is 0 Å². The molecule has 9 heteroatoms. The fourth-order valence-electron chi connectivity index (χ4n) is 4.87. The molecule has 2 aliphatic carbocycles. The van der Waals surface area contributed by atoms with Crippen LogP contribution in [0.5, 0.6) is 0 Å². The van der Waals surface area contributed by atoms with Crippen molar-refractivity contribution in [3.63, 3.8) is 0 Å². The summed E-state index contributed by atoms with van der Waals surface area (Å²) in [6, 6.07) is 12.4. The van der Waals surface area contributed by atoms with Crippen LogP contribution in [0.1, 0.15) is 36.8 Å². The van der Waals surface area contributed by atoms with Gasteiger partial charge in [-0.1, -0.05) is 36.4 Å². The maximum absolute atomic E-state index is 13.2. The highest BCUT2D eigenvalue weighted by Gasteiger charge is 2.57. The zero-order valence-corrected chi connectivity index (χ0v) is 19.1. The Morgan fingerprint density at radius 1 is 1.00 bits per heavy atom. The molecular formula is C26H25F3N4O2. The van der Waals surface area contributed by atoms with Crippen molar-refractivity contribution in [1.82, 2.24) is 14.7 Å². The van der Waals surface area contributed by atoms with E-state index in [-0.39, 0.29) is 17.7 Å². The number of aliphatic imine (C=N–C) groups is 1. The minimum Gasteiger partial charge on any atom is -0.328 e. The van der Waals surface area contributed by atoms with Crippen LogP contribution in [-0.4, -0.2) is 64.3 Å². The first-order valence-electron chi connectivity index (χ1n) is 11.9. The highest BCUT2D eigenvalue weighted by atomic mass is 19.4. The molecule has 0 bridgehead atoms. The van der Waals surface area contributed by atoms with Crippen LogP contribution >= 0.6 is 0 Å². The van der Waals surface area contributed by atoms with Crippen LogP contribution in [0.4, 0.5) is 13.2 Å². The van der Waals surface area contributed by atoms with Crippen LogP contribution in [0, 0.1) is 5.92 Å². The Morgan fingerprint density at radius 3 is 2.37 bits per heavy atom. The van der Waals surface area contributed by atoms with Crippen molar-refractivity contribution < 1.29 is 22.8 Å². The number of alkyl halides is 3. The van der Waals surface area contributed by atoms with Gasteiger partial charge in [-0.3, -0.25) is 24.4 Å². The van der Waals surface area contributed by atoms with Crippen LogP contribution in [0.15, 0.2) is 53.5 Å². The van der Waals surface area contributed by atoms with E-state index in [0.29, 0.717) is 43.4 Å². The Morgan fingerprint density at radius 2 is 1.71 bits per heavy atom. The first-order chi connectivity index (χ1) is 16.7. The third-order valence-electron chi connectivity index (χ3n) is 7.25. The van der Waals surface area contributed by atoms with Crippen LogP contribution in [0.3, 0.4) is 0 Å². The standard InChI is InChI=1S/C26H25F3N4O2/c27-26(28,29)21-3-1-2-20(14-21)17-4-6-18(7-5-17)22-30-25(10-11-25)24(35)33(22)16-31-12-13-32(15-31)23(34)19-8-9-19/h1-7,14,19H,8-13,15-16H2. The van der Waals surface area contributed by atoms with Gasteiger partial charge in [-0.15, -0.1) is 0 Å². The summed E-state index contributed by atoms with van der Waals surface area (Å²) in [5.41, 5.74) is 0.530. The minimum atomic E-state index is -4.40. The van der Waals surface area contributed by atoms with Crippen molar-refractivity contribution in [3.05, 3.63) is 59.7 Å². The molecule has 3 fully saturated rings. The molecule has 2 aliphatic heterocycles. The molecule has 4 aliphatic rings. The average Bonchev–Trinajstić information content (AvgIpc) is 3.77. The first kappa shape index (κ1) is 22.3. The molecular weight excluding hydrogens is 457 g/mol. The number of halogens is 3. The van der Waals surface area contributed by atoms with Crippen LogP contribution in [0.25, 0.3) is 11.1 Å². The van der Waals surface area contributed by atoms with Crippen molar-refractivity contribution in [3.8, 4) is 11.1 Å². The summed E-state index contributed by atoms with van der Waals surface area (Å²) in [5.74, 6) is 0.958. The number of rotatable bonds is 5. The molecule has 2 aromatic rings. The number of benzene rings is 2. The second kappa shape index (κ2) is 7.91. The SMILES string of the molecule is O=C(C1CC1)N1CCN(CN2C(=O)C3(CC3)N=C2c2ccc(-c3cccc(C(F)(F)F)c3)cc2)C1. The monoisotopic (exact) mass is 482 g/mol. The van der Waals surface area contributed by atoms with E-state index >= 15 is 0 Å². The quantitative estimate of drug-likeness (QED) is 0.648. The van der Waals surface area contributed by atoms with Crippen molar-refractivity contribution in [2.45, 2.75) is 37.4 Å². The summed E-state index contributed by atoms with van der Waals surface area (Å²) in [5, 5.41) is 0. The average molecular weight is 483 g/mol. The van der Waals surface area contributed by atoms with Gasteiger partial charge in [0, 0.05) is 24.6 Å². The fourth-order valence-corrected chi connectivity index (χ4v) is 4.87. The topological polar surface area (TPSA) is 56.2 Å². The summed E-state index contributed by atoms with van der Waals surface area (Å²) in [6.07, 6.45) is -1.02. The number of amides is 2. The maximum atomic E-state index is 13.2. The Balaban J connectivity index is 1.21. The van der Waals surface area contributed by atoms with Gasteiger partial charge in [0.2, 0.25) is 5.91 Å². The lowest BCUT2D eigenvalue weighted by Gasteiger charge is -2.26. The van der Waals surface area contributed by atoms with E-state index in [1.807, 2.05) is 17.0 Å². The van der Waals surface area contributed by atoms with Crippen molar-refractivity contribution in [2.24, 2.45) is 10.9 Å². The molecule has 2 heterocycles. The van der Waals surface area contributed by atoms with Gasteiger partial charge in [-0.2, -0.15) is 13.2 Å². The van der Waals surface area contributed by atoms with Gasteiger partial charge in [0.15, 0.2) is 0 Å². The Hall–Kier alpha value is -3.20. The van der Waals surface area contributed by atoms with Gasteiger partial charge in [0.25, 0.3) is 5.91 Å². The largest absolute Gasteiger partial charge is 0.416 e. The van der Waals surface area contributed by atoms with Gasteiger partial charge >= 0.3 is 6.18 Å². The highest BCUT2D eigenvalue weighted by Crippen LogP contribution is 2.46. The maximum Gasteiger partial charge on any atom is 0.416 e. The van der Waals surface area contributed by atoms with E-state index in [1.165, 1.54) is 6.07 Å². The van der Waals surface area contributed by atoms with E-state index in [2.05, 4.69) is 4.90 Å². The van der Waals surface area contributed by atoms with E-state index in [1.54, 1.807) is 23.1 Å². The molecule has 6 rings (SSSR count). The van der Waals surface area contributed by atoms with Gasteiger partial charge in [-0.05, 0) is 48.9 Å². The van der Waals surface area contributed by atoms with Crippen molar-refractivity contribution >= 4 is 17.6 Å². The minimum absolute atomic E-state index is 0.0126. The van der Waals surface area contributed by atoms with Crippen molar-refractivity contribution in [2.75, 3.05) is 26.4 Å². The summed E-state index contributed by atoms with van der Waals surface area (Å²) >= 11 is 0. The van der Waals surface area contributed by atoms with Gasteiger partial charge in [0.1, 0.15) is 11.4 Å². The zero-order chi connectivity index (χ0) is 24.4. The lowest BCUT2D eigenvalue weighted by molar-refractivity contribution is -0.137. The van der Waals surface area contributed by atoms with E-state index < -0.39 is 17.3 Å². The van der Waals surface area contributed by atoms with Crippen molar-refractivity contribution in [1.29, 1.82) is 0 Å². The summed E-state index contributed by atoms with van der Waals surface area (Å²) < 4.78 is 39.3. The molecule has 0 unspecified atom stereocenters. The summed E-state index contributed by atoms with van der Waals surface area (Å²) in [7, 11) is 0. The Kier molecular flexibility index (Phi) is 5.03. The smallest absolute Gasteiger partial charge is 0.328 e. The molecule has 6 nitrogen and oxygen atoms in total. The molecule has 0 radical (unpaired) electrons. The zero-order valence-electron chi connectivity index (χ0n) is 19.1. The Bertz CT molecular complexity index is 1220. The number of amidine groups is 1. The highest BCUT2D eigenvalue weighted by molar-refractivity contribution is 6.16. The Labute approximate surface area is 201 Å². The van der Waals surface area contributed by atoms with Gasteiger partial charge < -0.3 is 4.90 Å². The molecule has 2 aromatic carbocycles. The van der Waals surface area contributed by atoms with E-state index in [9.17, 15) is 22.8 Å². The molecule has 1 spiro atoms.